The molecule has 1 saturated heterocycles. The molecule has 5 nitrogen and oxygen atoms in total. The van der Waals surface area contributed by atoms with Gasteiger partial charge in [0.1, 0.15) is 12.4 Å². The van der Waals surface area contributed by atoms with E-state index in [-0.39, 0.29) is 11.1 Å². The molecule has 0 aliphatic carbocycles. The maximum atomic E-state index is 13.0. The van der Waals surface area contributed by atoms with E-state index in [1.165, 1.54) is 4.90 Å². The second-order valence-electron chi connectivity index (χ2n) is 7.45. The average Bonchev–Trinajstić information content (AvgIpc) is 3.32. The zero-order valence-corrected chi connectivity index (χ0v) is 19.1. The fourth-order valence-electron chi connectivity index (χ4n) is 3.78. The second-order valence-corrected chi connectivity index (χ2v) is 8.88. The van der Waals surface area contributed by atoms with E-state index < -0.39 is 0 Å². The molecule has 7 heteroatoms. The van der Waals surface area contributed by atoms with Crippen LogP contribution in [0.5, 0.6) is 5.75 Å². The lowest BCUT2D eigenvalue weighted by molar-refractivity contribution is -0.113. The van der Waals surface area contributed by atoms with Gasteiger partial charge in [0.2, 0.25) is 0 Å². The zero-order valence-electron chi connectivity index (χ0n) is 17.5. The molecule has 0 N–H and O–H groups in total. The van der Waals surface area contributed by atoms with Crippen LogP contribution in [0.1, 0.15) is 5.56 Å². The molecule has 2 heterocycles. The number of amides is 2. The van der Waals surface area contributed by atoms with Gasteiger partial charge in [-0.3, -0.25) is 9.59 Å². The van der Waals surface area contributed by atoms with Crippen LogP contribution in [-0.2, 0) is 11.3 Å². The molecule has 1 fully saturated rings. The molecule has 5 rings (SSSR count). The minimum absolute atomic E-state index is 0.294. The molecule has 0 spiro atoms. The molecule has 1 aromatic heterocycles. The van der Waals surface area contributed by atoms with Gasteiger partial charge >= 0.3 is 0 Å². The molecule has 1 aliphatic rings. The van der Waals surface area contributed by atoms with Crippen LogP contribution in [0.25, 0.3) is 17.0 Å². The van der Waals surface area contributed by atoms with Gasteiger partial charge in [-0.25, -0.2) is 4.90 Å². The Bertz CT molecular complexity index is 1360. The largest absolute Gasteiger partial charge is 0.492 e. The van der Waals surface area contributed by atoms with Crippen molar-refractivity contribution in [2.75, 3.05) is 11.5 Å². The SMILES string of the molecule is O=C1SC(=Cc2cn(CCOc3ccc(Cl)cc3)c3ccccc23)C(=O)N1c1ccccc1. The summed E-state index contributed by atoms with van der Waals surface area (Å²) in [7, 11) is 0. The molecule has 33 heavy (non-hydrogen) atoms. The van der Waals surface area contributed by atoms with Crippen LogP contribution < -0.4 is 9.64 Å². The average molecular weight is 475 g/mol. The maximum Gasteiger partial charge on any atom is 0.298 e. The summed E-state index contributed by atoms with van der Waals surface area (Å²) in [4.78, 5) is 27.2. The van der Waals surface area contributed by atoms with Crippen molar-refractivity contribution in [2.24, 2.45) is 0 Å². The lowest BCUT2D eigenvalue weighted by Crippen LogP contribution is -2.27. The Balaban J connectivity index is 1.40. The number of para-hydroxylation sites is 2. The first kappa shape index (κ1) is 21.4. The summed E-state index contributed by atoms with van der Waals surface area (Å²) < 4.78 is 7.94. The fraction of sp³-hybridized carbons (Fsp3) is 0.0769. The van der Waals surface area contributed by atoms with Crippen LogP contribution in [-0.4, -0.2) is 22.3 Å². The highest BCUT2D eigenvalue weighted by Crippen LogP contribution is 2.36. The van der Waals surface area contributed by atoms with Crippen molar-refractivity contribution in [3.63, 3.8) is 0 Å². The Morgan fingerprint density at radius 2 is 1.64 bits per heavy atom. The van der Waals surface area contributed by atoms with Gasteiger partial charge < -0.3 is 9.30 Å². The number of ether oxygens (including phenoxy) is 1. The highest BCUT2D eigenvalue weighted by Gasteiger charge is 2.36. The zero-order chi connectivity index (χ0) is 22.8. The van der Waals surface area contributed by atoms with Gasteiger partial charge in [0.05, 0.1) is 17.1 Å². The first-order valence-corrected chi connectivity index (χ1v) is 11.6. The molecule has 2 amide bonds. The van der Waals surface area contributed by atoms with Crippen LogP contribution in [0.15, 0.2) is 90.0 Å². The highest BCUT2D eigenvalue weighted by atomic mass is 35.5. The van der Waals surface area contributed by atoms with Gasteiger partial charge in [-0.2, -0.15) is 0 Å². The predicted octanol–water partition coefficient (Wildman–Crippen LogP) is 6.61. The first-order chi connectivity index (χ1) is 16.1. The molecule has 1 aliphatic heterocycles. The van der Waals surface area contributed by atoms with Crippen molar-refractivity contribution in [3.8, 4) is 5.75 Å². The third-order valence-corrected chi connectivity index (χ3v) is 6.45. The first-order valence-electron chi connectivity index (χ1n) is 10.4. The maximum absolute atomic E-state index is 13.0. The Kier molecular flexibility index (Phi) is 5.94. The van der Waals surface area contributed by atoms with Crippen LogP contribution in [0.3, 0.4) is 0 Å². The second kappa shape index (κ2) is 9.17. The van der Waals surface area contributed by atoms with E-state index in [2.05, 4.69) is 4.57 Å². The fourth-order valence-corrected chi connectivity index (χ4v) is 4.73. The van der Waals surface area contributed by atoms with Crippen LogP contribution >= 0.6 is 23.4 Å². The van der Waals surface area contributed by atoms with E-state index in [9.17, 15) is 9.59 Å². The normalized spacial score (nSPS) is 15.1. The van der Waals surface area contributed by atoms with Crippen molar-refractivity contribution in [3.05, 3.63) is 101 Å². The number of anilines is 1. The summed E-state index contributed by atoms with van der Waals surface area (Å²) in [5.74, 6) is 0.449. The third-order valence-electron chi connectivity index (χ3n) is 5.33. The van der Waals surface area contributed by atoms with Gasteiger partial charge in [-0.1, -0.05) is 48.0 Å². The van der Waals surface area contributed by atoms with Crippen molar-refractivity contribution in [1.29, 1.82) is 0 Å². The summed E-state index contributed by atoms with van der Waals surface area (Å²) in [6.45, 7) is 1.10. The Morgan fingerprint density at radius 3 is 2.42 bits per heavy atom. The van der Waals surface area contributed by atoms with Gasteiger partial charge in [0, 0.05) is 27.7 Å². The number of hydrogen-bond donors (Lipinski definition) is 0. The van der Waals surface area contributed by atoms with E-state index in [0.717, 1.165) is 34.0 Å². The minimum Gasteiger partial charge on any atom is -0.492 e. The number of fused-ring (bicyclic) bond motifs is 1. The van der Waals surface area contributed by atoms with Crippen molar-refractivity contribution < 1.29 is 14.3 Å². The number of aromatic nitrogens is 1. The van der Waals surface area contributed by atoms with Gasteiger partial charge in [-0.15, -0.1) is 0 Å². The standard InChI is InChI=1S/C26H19ClN2O3S/c27-19-10-12-21(13-11-19)32-15-14-28-17-18(22-8-4-5-9-23(22)28)16-24-25(30)29(26(31)33-24)20-6-2-1-3-7-20/h1-13,16-17H,14-15H2. The number of imide groups is 1. The monoisotopic (exact) mass is 474 g/mol. The van der Waals surface area contributed by atoms with Crippen molar-refractivity contribution in [1.82, 2.24) is 4.57 Å². The molecule has 0 radical (unpaired) electrons. The lowest BCUT2D eigenvalue weighted by atomic mass is 10.1. The molecule has 164 valence electrons. The summed E-state index contributed by atoms with van der Waals surface area (Å²) in [5.41, 5.74) is 2.49. The molecule has 0 unspecified atom stereocenters. The van der Waals surface area contributed by atoms with Crippen LogP contribution in [0.2, 0.25) is 5.02 Å². The Morgan fingerprint density at radius 1 is 0.909 bits per heavy atom. The molecular weight excluding hydrogens is 456 g/mol. The van der Waals surface area contributed by atoms with E-state index in [0.29, 0.717) is 28.8 Å². The number of carbonyl (C=O) groups is 2. The number of thioether (sulfide) groups is 1. The Hall–Kier alpha value is -3.48. The summed E-state index contributed by atoms with van der Waals surface area (Å²) in [6, 6.07) is 24.2. The summed E-state index contributed by atoms with van der Waals surface area (Å²) in [5, 5.41) is 1.38. The number of carbonyl (C=O) groups excluding carboxylic acids is 2. The molecule has 0 atom stereocenters. The number of hydrogen-bond acceptors (Lipinski definition) is 4. The lowest BCUT2D eigenvalue weighted by Gasteiger charge is -2.11. The number of halogens is 1. The van der Waals surface area contributed by atoms with Crippen molar-refractivity contribution in [2.45, 2.75) is 6.54 Å². The quantitative estimate of drug-likeness (QED) is 0.295. The summed E-state index contributed by atoms with van der Waals surface area (Å²) >= 11 is 6.89. The summed E-state index contributed by atoms with van der Waals surface area (Å²) in [6.07, 6.45) is 3.79. The minimum atomic E-state index is -0.306. The van der Waals surface area contributed by atoms with Gasteiger partial charge in [0.25, 0.3) is 11.1 Å². The molecule has 4 aromatic rings. The number of rotatable bonds is 6. The predicted molar refractivity (Wildman–Crippen MR) is 134 cm³/mol. The van der Waals surface area contributed by atoms with E-state index >= 15 is 0 Å². The third kappa shape index (κ3) is 4.40. The van der Waals surface area contributed by atoms with E-state index in [1.54, 1.807) is 30.3 Å². The van der Waals surface area contributed by atoms with Gasteiger partial charge in [0.15, 0.2) is 0 Å². The molecule has 0 saturated carbocycles. The van der Waals surface area contributed by atoms with Crippen molar-refractivity contribution >= 4 is 57.2 Å². The van der Waals surface area contributed by atoms with Crippen LogP contribution in [0.4, 0.5) is 10.5 Å². The van der Waals surface area contributed by atoms with Gasteiger partial charge in [-0.05, 0) is 60.3 Å². The molecule has 0 bridgehead atoms. The topological polar surface area (TPSA) is 51.5 Å². The van der Waals surface area contributed by atoms with Crippen LogP contribution in [0, 0.1) is 0 Å². The highest BCUT2D eigenvalue weighted by molar-refractivity contribution is 8.19. The van der Waals surface area contributed by atoms with E-state index in [4.69, 9.17) is 16.3 Å². The smallest absolute Gasteiger partial charge is 0.298 e. The number of benzene rings is 3. The number of nitrogens with zero attached hydrogens (tertiary/aromatic N) is 2. The Labute approximate surface area is 200 Å². The molecular formula is C26H19ClN2O3S. The van der Waals surface area contributed by atoms with E-state index in [1.807, 2.05) is 60.8 Å². The molecule has 3 aromatic carbocycles.